The molecule has 1 N–H and O–H groups in total. The second-order valence-corrected chi connectivity index (χ2v) is 4.33. The maximum Gasteiger partial charge on any atom is 0.00104 e. The molecule has 0 aromatic rings. The first kappa shape index (κ1) is 26.5. The lowest BCUT2D eigenvalue weighted by molar-refractivity contribution is 0.410. The van der Waals surface area contributed by atoms with Crippen molar-refractivity contribution >= 4 is 0 Å². The Bertz CT molecular complexity index is 89.6. The van der Waals surface area contributed by atoms with Crippen LogP contribution in [0.25, 0.3) is 0 Å². The number of hydrogen-bond donors (Lipinski definition) is 1. The minimum absolute atomic E-state index is 0.640. The Balaban J connectivity index is -0.000000118. The fraction of sp³-hybridized carbons (Fsp3) is 1.00. The molecule has 0 aromatic carbocycles. The molecule has 0 aliphatic rings. The van der Waals surface area contributed by atoms with Crippen LogP contribution in [0.4, 0.5) is 0 Å². The summed E-state index contributed by atoms with van der Waals surface area (Å²) in [5.74, 6) is 0.891. The van der Waals surface area contributed by atoms with Gasteiger partial charge >= 0.3 is 0 Å². The van der Waals surface area contributed by atoms with Gasteiger partial charge in [0.15, 0.2) is 0 Å². The van der Waals surface area contributed by atoms with E-state index in [2.05, 4.69) is 46.9 Å². The zero-order chi connectivity index (χ0) is 15.4. The highest BCUT2D eigenvalue weighted by Crippen LogP contribution is 2.08. The van der Waals surface area contributed by atoms with Crippen molar-refractivity contribution in [2.75, 3.05) is 6.54 Å². The third-order valence-electron chi connectivity index (χ3n) is 2.09. The van der Waals surface area contributed by atoms with Gasteiger partial charge in [0.2, 0.25) is 0 Å². The molecule has 0 spiro atoms. The average molecular weight is 262 g/mol. The molecule has 0 radical (unpaired) electrons. The highest BCUT2D eigenvalue weighted by molar-refractivity contribution is 4.62. The van der Waals surface area contributed by atoms with Gasteiger partial charge in [-0.15, -0.1) is 0 Å². The van der Waals surface area contributed by atoms with Crippen molar-refractivity contribution in [3.8, 4) is 0 Å². The van der Waals surface area contributed by atoms with E-state index in [0.29, 0.717) is 6.04 Å². The summed E-state index contributed by atoms with van der Waals surface area (Å²) in [6, 6.07) is 0.640. The fourth-order valence-corrected chi connectivity index (χ4v) is 1.26. The van der Waals surface area contributed by atoms with Gasteiger partial charge in [-0.1, -0.05) is 88.5 Å². The molecule has 0 aliphatic heterocycles. The van der Waals surface area contributed by atoms with E-state index >= 15 is 0 Å². The van der Waals surface area contributed by atoms with Crippen molar-refractivity contribution in [2.45, 2.75) is 101 Å². The van der Waals surface area contributed by atoms with E-state index in [4.69, 9.17) is 0 Å². The van der Waals surface area contributed by atoms with Gasteiger partial charge in [0, 0.05) is 6.04 Å². The lowest BCUT2D eigenvalue weighted by Gasteiger charge is -2.16. The summed E-state index contributed by atoms with van der Waals surface area (Å²) >= 11 is 0. The average Bonchev–Trinajstić information content (AvgIpc) is 2.40. The van der Waals surface area contributed by atoms with Crippen molar-refractivity contribution in [1.82, 2.24) is 5.32 Å². The van der Waals surface area contributed by atoms with Gasteiger partial charge < -0.3 is 5.32 Å². The van der Waals surface area contributed by atoms with Crippen LogP contribution in [-0.2, 0) is 0 Å². The molecule has 1 nitrogen and oxygen atoms in total. The predicted octanol–water partition coefficient (Wildman–Crippen LogP) is 6.28. The van der Waals surface area contributed by atoms with Crippen molar-refractivity contribution < 1.29 is 0 Å². The summed E-state index contributed by atoms with van der Waals surface area (Å²) in [6.07, 6.45) is 5.25. The highest BCUT2D eigenvalue weighted by Gasteiger charge is 2.04. The molecule has 0 saturated heterocycles. The second kappa shape index (κ2) is 30.2. The minimum atomic E-state index is 0.640. The molecule has 1 unspecified atom stereocenters. The predicted molar refractivity (Wildman–Crippen MR) is 90.5 cm³/mol. The summed E-state index contributed by atoms with van der Waals surface area (Å²) in [4.78, 5) is 0. The molecule has 0 fully saturated rings. The zero-order valence-electron chi connectivity index (χ0n) is 15.2. The fourth-order valence-electron chi connectivity index (χ4n) is 1.26. The van der Waals surface area contributed by atoms with Crippen LogP contribution in [0.15, 0.2) is 0 Å². The van der Waals surface area contributed by atoms with E-state index in [9.17, 15) is 0 Å². The van der Waals surface area contributed by atoms with Crippen LogP contribution < -0.4 is 5.32 Å². The second-order valence-electron chi connectivity index (χ2n) is 4.33. The molecule has 0 rings (SSSR count). The van der Waals surface area contributed by atoms with Gasteiger partial charge in [0.25, 0.3) is 0 Å². The van der Waals surface area contributed by atoms with Gasteiger partial charge in [0.05, 0.1) is 0 Å². The Labute approximate surface area is 119 Å². The zero-order valence-corrected chi connectivity index (χ0v) is 15.2. The van der Waals surface area contributed by atoms with E-state index in [0.717, 1.165) is 5.92 Å². The molecule has 0 bridgehead atoms. The molecular formula is C17H43N. The minimum Gasteiger partial charge on any atom is -0.314 e. The summed E-state index contributed by atoms with van der Waals surface area (Å²) in [7, 11) is 0. The van der Waals surface area contributed by atoms with E-state index in [1.807, 2.05) is 27.7 Å². The normalized spacial score (nSPS) is 10.2. The molecule has 0 aliphatic carbocycles. The van der Waals surface area contributed by atoms with Crippen LogP contribution in [-0.4, -0.2) is 12.6 Å². The van der Waals surface area contributed by atoms with Gasteiger partial charge in [0.1, 0.15) is 0 Å². The maximum atomic E-state index is 3.48. The molecule has 1 heteroatoms. The number of hydrogen-bond acceptors (Lipinski definition) is 1. The quantitative estimate of drug-likeness (QED) is 0.593. The smallest absolute Gasteiger partial charge is 0.00104 e. The summed E-state index contributed by atoms with van der Waals surface area (Å²) in [6.45, 7) is 22.4. The first-order valence-electron chi connectivity index (χ1n) is 8.35. The van der Waals surface area contributed by atoms with Crippen molar-refractivity contribution in [3.63, 3.8) is 0 Å². The maximum absolute atomic E-state index is 3.48. The van der Waals surface area contributed by atoms with Crippen LogP contribution in [0, 0.1) is 5.92 Å². The highest BCUT2D eigenvalue weighted by atomic mass is 14.9. The van der Waals surface area contributed by atoms with Crippen LogP contribution >= 0.6 is 0 Å². The molecule has 1 atom stereocenters. The van der Waals surface area contributed by atoms with Crippen LogP contribution in [0.2, 0.25) is 0 Å². The van der Waals surface area contributed by atoms with Crippen LogP contribution in [0.5, 0.6) is 0 Å². The molecular weight excluding hydrogens is 218 g/mol. The van der Waals surface area contributed by atoms with Gasteiger partial charge in [-0.2, -0.15) is 0 Å². The van der Waals surface area contributed by atoms with Crippen molar-refractivity contribution in [1.29, 1.82) is 0 Å². The van der Waals surface area contributed by atoms with Gasteiger partial charge in [-0.25, -0.2) is 0 Å². The van der Waals surface area contributed by atoms with Crippen LogP contribution in [0.1, 0.15) is 94.9 Å². The van der Waals surface area contributed by atoms with Crippen molar-refractivity contribution in [2.24, 2.45) is 5.92 Å². The standard InChI is InChI=1S/C10H23N.C3H8.2C2H6/c1-5-7-10(6-2)8-11-9(3)4;1-3-2;2*1-2/h9-11H,5-8H2,1-4H3;3H2,1-2H3;2*1-2H3. The van der Waals surface area contributed by atoms with E-state index in [1.54, 1.807) is 0 Å². The molecule has 116 valence electrons. The molecule has 0 amide bonds. The third-order valence-corrected chi connectivity index (χ3v) is 2.09. The number of nitrogens with one attached hydrogen (secondary N) is 1. The van der Waals surface area contributed by atoms with E-state index in [1.165, 1.54) is 32.2 Å². The van der Waals surface area contributed by atoms with Crippen LogP contribution in [0.3, 0.4) is 0 Å². The molecule has 0 saturated carbocycles. The largest absolute Gasteiger partial charge is 0.314 e. The van der Waals surface area contributed by atoms with Gasteiger partial charge in [-0.05, 0) is 18.9 Å². The summed E-state index contributed by atoms with van der Waals surface area (Å²) in [5.41, 5.74) is 0. The number of rotatable bonds is 6. The lowest BCUT2D eigenvalue weighted by Crippen LogP contribution is -2.28. The summed E-state index contributed by atoms with van der Waals surface area (Å²) < 4.78 is 0. The lowest BCUT2D eigenvalue weighted by atomic mass is 10.0. The molecule has 0 heterocycles. The van der Waals surface area contributed by atoms with Gasteiger partial charge in [-0.3, -0.25) is 0 Å². The molecule has 0 aromatic heterocycles. The van der Waals surface area contributed by atoms with E-state index in [-0.39, 0.29) is 0 Å². The summed E-state index contributed by atoms with van der Waals surface area (Å²) in [5, 5.41) is 3.48. The topological polar surface area (TPSA) is 12.0 Å². The first-order valence-corrected chi connectivity index (χ1v) is 8.35. The third kappa shape index (κ3) is 36.0. The Morgan fingerprint density at radius 1 is 0.833 bits per heavy atom. The Hall–Kier alpha value is -0.0400. The monoisotopic (exact) mass is 261 g/mol. The Morgan fingerprint density at radius 2 is 1.22 bits per heavy atom. The van der Waals surface area contributed by atoms with Crippen molar-refractivity contribution in [3.05, 3.63) is 0 Å². The molecule has 18 heavy (non-hydrogen) atoms. The Kier molecular flexibility index (Phi) is 44.5. The first-order chi connectivity index (χ1) is 8.62. The Morgan fingerprint density at radius 3 is 1.44 bits per heavy atom. The van der Waals surface area contributed by atoms with E-state index < -0.39 is 0 Å². The SMILES string of the molecule is CC.CC.CCC.CCCC(CC)CNC(C)C.